The number of nitrogens with one attached hydrogen (secondary N) is 2. The highest BCUT2D eigenvalue weighted by Crippen LogP contribution is 2.38. The number of hydrogen-bond donors (Lipinski definition) is 2. The third-order valence-electron chi connectivity index (χ3n) is 6.59. The number of nitrogens with zero attached hydrogens (tertiary/aromatic N) is 4. The van der Waals surface area contributed by atoms with Crippen molar-refractivity contribution in [3.8, 4) is 9.88 Å². The van der Waals surface area contributed by atoms with E-state index in [2.05, 4.69) is 20.5 Å². The van der Waals surface area contributed by atoms with Gasteiger partial charge in [-0.1, -0.05) is 23.5 Å². The normalized spacial score (nSPS) is 15.5. The smallest absolute Gasteiger partial charge is 0.379 e. The number of thiazole rings is 2. The molecular formula is C27H31F3N6O2S2. The lowest BCUT2D eigenvalue weighted by Crippen LogP contribution is -2.44. The van der Waals surface area contributed by atoms with E-state index >= 15 is 0 Å². The van der Waals surface area contributed by atoms with Crippen LogP contribution in [0.3, 0.4) is 0 Å². The molecule has 4 aromatic rings. The summed E-state index contributed by atoms with van der Waals surface area (Å²) in [4.78, 5) is 17.0. The van der Waals surface area contributed by atoms with E-state index in [0.29, 0.717) is 19.6 Å². The maximum absolute atomic E-state index is 13.0. The van der Waals surface area contributed by atoms with E-state index in [1.54, 1.807) is 43.0 Å². The van der Waals surface area contributed by atoms with Crippen molar-refractivity contribution in [2.24, 2.45) is 0 Å². The number of methoxy groups -OCH3 is 1. The summed E-state index contributed by atoms with van der Waals surface area (Å²) in [5.41, 5.74) is 1.89. The van der Waals surface area contributed by atoms with Crippen LogP contribution in [-0.2, 0) is 28.7 Å². The molecule has 1 saturated heterocycles. The molecule has 4 heterocycles. The second-order valence-corrected chi connectivity index (χ2v) is 11.5. The maximum Gasteiger partial charge on any atom is 0.416 e. The van der Waals surface area contributed by atoms with Crippen molar-refractivity contribution in [1.82, 2.24) is 25.2 Å². The predicted octanol–water partition coefficient (Wildman–Crippen LogP) is 4.93. The van der Waals surface area contributed by atoms with Crippen molar-refractivity contribution >= 4 is 38.0 Å². The monoisotopic (exact) mass is 592 g/mol. The van der Waals surface area contributed by atoms with Gasteiger partial charge >= 0.3 is 6.18 Å². The minimum absolute atomic E-state index is 0.0236. The van der Waals surface area contributed by atoms with E-state index in [1.165, 1.54) is 11.3 Å². The zero-order valence-electron chi connectivity index (χ0n) is 22.0. The van der Waals surface area contributed by atoms with E-state index in [9.17, 15) is 13.2 Å². The standard InChI is InChI=1S/C27H31F3N6O2S2/c1-37-17-22-24(25-34-21-6-7-31-16-23(21)39-25)40-26(35-22)33-15-20(32-8-9-36-10-12-38-13-11-36)14-18-2-4-19(5-3-18)27(28,29)30/h2-7,16,20,32H,8-15,17H2,1H3,(H,33,35). The lowest BCUT2D eigenvalue weighted by atomic mass is 10.0. The Morgan fingerprint density at radius 3 is 2.62 bits per heavy atom. The first-order chi connectivity index (χ1) is 19.4. The molecule has 1 atom stereocenters. The second kappa shape index (κ2) is 13.3. The molecule has 8 nitrogen and oxygen atoms in total. The predicted molar refractivity (Wildman–Crippen MR) is 152 cm³/mol. The number of hydrogen-bond acceptors (Lipinski definition) is 10. The van der Waals surface area contributed by atoms with Gasteiger partial charge in [-0.25, -0.2) is 9.97 Å². The van der Waals surface area contributed by atoms with E-state index in [0.717, 1.165) is 88.0 Å². The van der Waals surface area contributed by atoms with Crippen molar-refractivity contribution in [3.05, 3.63) is 59.5 Å². The van der Waals surface area contributed by atoms with Crippen molar-refractivity contribution < 1.29 is 22.6 Å². The summed E-state index contributed by atoms with van der Waals surface area (Å²) >= 11 is 3.08. The maximum atomic E-state index is 13.0. The highest BCUT2D eigenvalue weighted by Gasteiger charge is 2.30. The fourth-order valence-electron chi connectivity index (χ4n) is 4.50. The molecule has 1 aliphatic heterocycles. The Bertz CT molecular complexity index is 1340. The summed E-state index contributed by atoms with van der Waals surface area (Å²) in [6.45, 7) is 5.80. The van der Waals surface area contributed by atoms with Gasteiger partial charge in [-0.2, -0.15) is 13.2 Å². The molecule has 40 heavy (non-hydrogen) atoms. The number of alkyl halides is 3. The van der Waals surface area contributed by atoms with Gasteiger partial charge in [0.2, 0.25) is 0 Å². The van der Waals surface area contributed by atoms with Gasteiger partial charge in [-0.15, -0.1) is 11.3 Å². The van der Waals surface area contributed by atoms with E-state index in [-0.39, 0.29) is 6.04 Å². The third kappa shape index (κ3) is 7.53. The average molecular weight is 593 g/mol. The van der Waals surface area contributed by atoms with Crippen LogP contribution in [0.2, 0.25) is 0 Å². The first kappa shape index (κ1) is 28.8. The number of benzene rings is 1. The van der Waals surface area contributed by atoms with Crippen molar-refractivity contribution in [1.29, 1.82) is 0 Å². The zero-order chi connectivity index (χ0) is 28.0. The van der Waals surface area contributed by atoms with Crippen LogP contribution in [-0.4, -0.2) is 78.9 Å². The Morgan fingerprint density at radius 2 is 1.90 bits per heavy atom. The number of pyridine rings is 1. The molecule has 0 amide bonds. The molecule has 13 heteroatoms. The highest BCUT2D eigenvalue weighted by atomic mass is 32.1. The Labute approximate surface area is 238 Å². The van der Waals surface area contributed by atoms with Gasteiger partial charge < -0.3 is 20.1 Å². The molecule has 1 aromatic carbocycles. The van der Waals surface area contributed by atoms with Crippen molar-refractivity contribution in [3.63, 3.8) is 0 Å². The number of fused-ring (bicyclic) bond motifs is 1. The summed E-state index contributed by atoms with van der Waals surface area (Å²) in [5, 5.41) is 8.66. The second-order valence-electron chi connectivity index (χ2n) is 9.48. The molecule has 1 aliphatic rings. The van der Waals surface area contributed by atoms with Crippen molar-refractivity contribution in [2.75, 3.05) is 58.4 Å². The molecule has 0 radical (unpaired) electrons. The van der Waals surface area contributed by atoms with Crippen molar-refractivity contribution in [2.45, 2.75) is 25.2 Å². The number of ether oxygens (including phenoxy) is 2. The SMILES string of the molecule is COCc1nc(NCC(Cc2ccc(C(F)(F)F)cc2)NCCN2CCOCC2)sc1-c1nc2ccncc2s1. The fourth-order valence-corrected chi connectivity index (χ4v) is 6.50. The molecule has 0 spiro atoms. The average Bonchev–Trinajstić information content (AvgIpc) is 3.56. The van der Waals surface area contributed by atoms with Gasteiger partial charge in [-0.3, -0.25) is 9.88 Å². The van der Waals surface area contributed by atoms with Gasteiger partial charge in [0.15, 0.2) is 5.13 Å². The fraction of sp³-hybridized carbons (Fsp3) is 0.444. The summed E-state index contributed by atoms with van der Waals surface area (Å²) in [6.07, 6.45) is -0.244. The van der Waals surface area contributed by atoms with Crippen LogP contribution in [0, 0.1) is 0 Å². The summed E-state index contributed by atoms with van der Waals surface area (Å²) in [6, 6.07) is 7.26. The largest absolute Gasteiger partial charge is 0.416 e. The Hall–Kier alpha value is -2.68. The minimum atomic E-state index is -4.35. The molecule has 2 N–H and O–H groups in total. The highest BCUT2D eigenvalue weighted by molar-refractivity contribution is 7.26. The number of anilines is 1. The first-order valence-corrected chi connectivity index (χ1v) is 14.7. The van der Waals surface area contributed by atoms with Gasteiger partial charge in [0.25, 0.3) is 0 Å². The van der Waals surface area contributed by atoms with Gasteiger partial charge in [0, 0.05) is 58.3 Å². The zero-order valence-corrected chi connectivity index (χ0v) is 23.7. The molecule has 0 saturated carbocycles. The Morgan fingerprint density at radius 1 is 1.10 bits per heavy atom. The van der Waals surface area contributed by atoms with Crippen LogP contribution >= 0.6 is 22.7 Å². The lowest BCUT2D eigenvalue weighted by Gasteiger charge is -2.28. The number of rotatable bonds is 12. The lowest BCUT2D eigenvalue weighted by molar-refractivity contribution is -0.137. The molecular weight excluding hydrogens is 561 g/mol. The van der Waals surface area contributed by atoms with Crippen LogP contribution in [0.1, 0.15) is 16.8 Å². The Balaban J connectivity index is 1.28. The summed E-state index contributed by atoms with van der Waals surface area (Å²) in [7, 11) is 1.64. The van der Waals surface area contributed by atoms with Gasteiger partial charge in [-0.05, 0) is 30.2 Å². The van der Waals surface area contributed by atoms with Gasteiger partial charge in [0.05, 0.1) is 46.2 Å². The molecule has 1 fully saturated rings. The summed E-state index contributed by atoms with van der Waals surface area (Å²) in [5.74, 6) is 0. The van der Waals surface area contributed by atoms with E-state index < -0.39 is 11.7 Å². The third-order valence-corrected chi connectivity index (χ3v) is 8.81. The van der Waals surface area contributed by atoms with Crippen LogP contribution in [0.5, 0.6) is 0 Å². The van der Waals surface area contributed by atoms with Crippen LogP contribution < -0.4 is 10.6 Å². The Kier molecular flexibility index (Phi) is 9.60. The minimum Gasteiger partial charge on any atom is -0.379 e. The molecule has 3 aromatic heterocycles. The number of aromatic nitrogens is 3. The number of halogens is 3. The molecule has 214 valence electrons. The van der Waals surface area contributed by atoms with Gasteiger partial charge in [0.1, 0.15) is 5.01 Å². The molecule has 1 unspecified atom stereocenters. The number of morpholine rings is 1. The molecule has 0 bridgehead atoms. The first-order valence-electron chi connectivity index (χ1n) is 13.0. The van der Waals surface area contributed by atoms with Crippen LogP contribution in [0.4, 0.5) is 18.3 Å². The van der Waals surface area contributed by atoms with Crippen LogP contribution in [0.25, 0.3) is 20.1 Å². The van der Waals surface area contributed by atoms with E-state index in [4.69, 9.17) is 19.4 Å². The summed E-state index contributed by atoms with van der Waals surface area (Å²) < 4.78 is 51.0. The van der Waals surface area contributed by atoms with Crippen LogP contribution in [0.15, 0.2) is 42.7 Å². The molecule has 5 rings (SSSR count). The quantitative estimate of drug-likeness (QED) is 0.240. The topological polar surface area (TPSA) is 84.4 Å². The van der Waals surface area contributed by atoms with E-state index in [1.807, 2.05) is 6.07 Å². The molecule has 0 aliphatic carbocycles.